The summed E-state index contributed by atoms with van der Waals surface area (Å²) in [5, 5.41) is 19.2. The summed E-state index contributed by atoms with van der Waals surface area (Å²) in [7, 11) is 0. The lowest BCUT2D eigenvalue weighted by Gasteiger charge is -2.41. The van der Waals surface area contributed by atoms with Gasteiger partial charge in [0.15, 0.2) is 0 Å². The van der Waals surface area contributed by atoms with Crippen molar-refractivity contribution in [2.45, 2.75) is 25.8 Å². The lowest BCUT2D eigenvalue weighted by atomic mass is 10.1. The monoisotopic (exact) mass is 524 g/mol. The van der Waals surface area contributed by atoms with Crippen LogP contribution in [0.15, 0.2) is 54.6 Å². The number of halogens is 2. The van der Waals surface area contributed by atoms with Crippen molar-refractivity contribution in [3.8, 4) is 11.3 Å². The summed E-state index contributed by atoms with van der Waals surface area (Å²) < 4.78 is 13.6. The number of aliphatic hydroxyl groups excluding tert-OH is 1. The number of pyridine rings is 1. The fourth-order valence-corrected chi connectivity index (χ4v) is 5.07. The number of rotatable bonds is 5. The fraction of sp³-hybridized carbons (Fsp3) is 0.308. The maximum Gasteiger partial charge on any atom is 0.337 e. The first-order valence-electron chi connectivity index (χ1n) is 12.0. The Morgan fingerprint density at radius 1 is 1.16 bits per heavy atom. The Morgan fingerprint density at radius 2 is 1.95 bits per heavy atom. The Labute approximate surface area is 218 Å². The van der Waals surface area contributed by atoms with Gasteiger partial charge in [-0.2, -0.15) is 4.98 Å². The molecular formula is C26H26ClFN6O3. The van der Waals surface area contributed by atoms with Crippen LogP contribution in [-0.4, -0.2) is 63.4 Å². The van der Waals surface area contributed by atoms with E-state index in [0.29, 0.717) is 48.7 Å². The highest BCUT2D eigenvalue weighted by atomic mass is 35.5. The summed E-state index contributed by atoms with van der Waals surface area (Å²) in [5.41, 5.74) is 2.22. The molecule has 4 heterocycles. The molecule has 1 atom stereocenters. The van der Waals surface area contributed by atoms with Crippen LogP contribution in [0.2, 0.25) is 5.02 Å². The second kappa shape index (κ2) is 10.2. The lowest BCUT2D eigenvalue weighted by molar-refractivity contribution is 0.0696. The molecule has 2 saturated heterocycles. The van der Waals surface area contributed by atoms with E-state index < -0.39 is 5.97 Å². The number of nitrogens with zero attached hydrogens (tertiary/aromatic N) is 6. The quantitative estimate of drug-likeness (QED) is 0.457. The molecule has 192 valence electrons. The summed E-state index contributed by atoms with van der Waals surface area (Å²) in [6.45, 7) is 4.57. The van der Waals surface area contributed by atoms with Crippen LogP contribution in [-0.2, 0) is 0 Å². The Kier molecular flexibility index (Phi) is 6.84. The second-order valence-corrected chi connectivity index (χ2v) is 9.52. The van der Waals surface area contributed by atoms with Gasteiger partial charge in [0.1, 0.15) is 17.5 Å². The minimum absolute atomic E-state index is 0.0148. The summed E-state index contributed by atoms with van der Waals surface area (Å²) in [4.78, 5) is 31.3. The van der Waals surface area contributed by atoms with Gasteiger partial charge in [-0.1, -0.05) is 11.6 Å². The van der Waals surface area contributed by atoms with Crippen molar-refractivity contribution in [3.05, 3.63) is 71.0 Å². The summed E-state index contributed by atoms with van der Waals surface area (Å²) in [6, 6.07) is 9.51. The number of hydrogen-bond donors (Lipinski definition) is 2. The molecule has 0 aliphatic carbocycles. The summed E-state index contributed by atoms with van der Waals surface area (Å²) >= 11 is 6.37. The Morgan fingerprint density at radius 3 is 2.62 bits per heavy atom. The molecule has 1 aromatic carbocycles. The molecule has 0 radical (unpaired) electrons. The molecule has 37 heavy (non-hydrogen) atoms. The number of aromatic nitrogens is 3. The molecule has 2 aliphatic rings. The van der Waals surface area contributed by atoms with E-state index in [1.165, 1.54) is 24.4 Å². The van der Waals surface area contributed by atoms with Gasteiger partial charge in [0.2, 0.25) is 5.95 Å². The molecule has 0 saturated carbocycles. The number of benzene rings is 1. The minimum Gasteiger partial charge on any atom is -0.514 e. The summed E-state index contributed by atoms with van der Waals surface area (Å²) in [5.74, 6) is 0.354. The fourth-order valence-electron chi connectivity index (χ4n) is 4.79. The van der Waals surface area contributed by atoms with Gasteiger partial charge in [-0.25, -0.2) is 19.2 Å². The molecule has 11 heteroatoms. The Bertz CT molecular complexity index is 1350. The van der Waals surface area contributed by atoms with E-state index in [1.54, 1.807) is 12.1 Å². The van der Waals surface area contributed by atoms with Gasteiger partial charge in [-0.05, 0) is 50.1 Å². The van der Waals surface area contributed by atoms with E-state index in [0.717, 1.165) is 36.2 Å². The predicted molar refractivity (Wildman–Crippen MR) is 140 cm³/mol. The summed E-state index contributed by atoms with van der Waals surface area (Å²) in [6.07, 6.45) is 4.04. The third-order valence-electron chi connectivity index (χ3n) is 6.68. The van der Waals surface area contributed by atoms with Crippen LogP contribution in [0.5, 0.6) is 0 Å². The number of hydrogen-bond acceptors (Lipinski definition) is 8. The highest BCUT2D eigenvalue weighted by molar-refractivity contribution is 6.33. The van der Waals surface area contributed by atoms with E-state index in [2.05, 4.69) is 16.8 Å². The highest BCUT2D eigenvalue weighted by Gasteiger charge is 2.29. The van der Waals surface area contributed by atoms with Crippen molar-refractivity contribution in [1.82, 2.24) is 15.0 Å². The van der Waals surface area contributed by atoms with Gasteiger partial charge >= 0.3 is 5.97 Å². The Hall–Kier alpha value is -3.92. The van der Waals surface area contributed by atoms with Crippen molar-refractivity contribution >= 4 is 35.2 Å². The molecule has 3 aromatic rings. The number of aromatic carboxylic acids is 1. The van der Waals surface area contributed by atoms with Crippen LogP contribution in [0.4, 0.5) is 22.0 Å². The number of allylic oxidation sites excluding steroid dienone is 1. The molecular weight excluding hydrogens is 499 g/mol. The normalized spacial score (nSPS) is 19.1. The van der Waals surface area contributed by atoms with Crippen LogP contribution < -0.4 is 14.7 Å². The number of carbonyl (C=O) groups is 1. The first-order valence-corrected chi connectivity index (χ1v) is 12.4. The molecule has 2 aliphatic heterocycles. The van der Waals surface area contributed by atoms with Gasteiger partial charge in [0.25, 0.3) is 0 Å². The molecule has 2 N–H and O–H groups in total. The largest absolute Gasteiger partial charge is 0.514 e. The molecule has 2 aromatic heterocycles. The molecule has 2 fully saturated rings. The predicted octanol–water partition coefficient (Wildman–Crippen LogP) is 4.74. The van der Waals surface area contributed by atoms with Crippen molar-refractivity contribution in [3.63, 3.8) is 0 Å². The van der Waals surface area contributed by atoms with E-state index in [1.807, 2.05) is 15.9 Å². The van der Waals surface area contributed by atoms with Gasteiger partial charge in [0, 0.05) is 50.0 Å². The van der Waals surface area contributed by atoms with Crippen LogP contribution in [0.3, 0.4) is 0 Å². The van der Waals surface area contributed by atoms with Crippen LogP contribution in [0.25, 0.3) is 11.3 Å². The maximum atomic E-state index is 13.6. The number of carboxylic acids is 1. The number of carboxylic acid groups (broad SMARTS) is 1. The van der Waals surface area contributed by atoms with Gasteiger partial charge in [-0.15, -0.1) is 0 Å². The van der Waals surface area contributed by atoms with Crippen molar-refractivity contribution in [2.24, 2.45) is 0 Å². The molecule has 0 amide bonds. The van der Waals surface area contributed by atoms with Gasteiger partial charge in [-0.3, -0.25) is 0 Å². The standard InChI is InChI=1S/C26H26ClFN6O3/c1-16-14-32(24-21(27)11-18(13-29-24)25(36)37)9-10-33(16)23-12-22(17-4-6-19(28)7-5-17)30-26(31-23)34-8-2-3-20(34)15-35/h4-7,11-13,15-16,35H,2-3,8-10,14H2,1H3,(H,36,37)/b20-15+/t16-/m1/s1. The van der Waals surface area contributed by atoms with Gasteiger partial charge < -0.3 is 24.9 Å². The number of aliphatic hydroxyl groups is 1. The smallest absolute Gasteiger partial charge is 0.337 e. The third-order valence-corrected chi connectivity index (χ3v) is 6.96. The van der Waals surface area contributed by atoms with Crippen LogP contribution >= 0.6 is 11.6 Å². The van der Waals surface area contributed by atoms with Crippen LogP contribution in [0.1, 0.15) is 30.1 Å². The average molecular weight is 525 g/mol. The molecule has 5 rings (SSSR count). The van der Waals surface area contributed by atoms with E-state index in [4.69, 9.17) is 21.6 Å². The third kappa shape index (κ3) is 5.01. The average Bonchev–Trinajstić information content (AvgIpc) is 3.38. The zero-order valence-electron chi connectivity index (χ0n) is 20.2. The molecule has 9 nitrogen and oxygen atoms in total. The zero-order valence-corrected chi connectivity index (χ0v) is 20.9. The first-order chi connectivity index (χ1) is 17.8. The Balaban J connectivity index is 1.46. The molecule has 0 unspecified atom stereocenters. The SMILES string of the molecule is C[C@@H]1CN(c2ncc(C(=O)O)cc2Cl)CCN1c1cc(-c2ccc(F)cc2)nc(N2CCC/C2=C\O)n1. The highest BCUT2D eigenvalue weighted by Crippen LogP contribution is 2.33. The van der Waals surface area contributed by atoms with Crippen LogP contribution in [0, 0.1) is 5.82 Å². The minimum atomic E-state index is -1.08. The van der Waals surface area contributed by atoms with Crippen molar-refractivity contribution < 1.29 is 19.4 Å². The second-order valence-electron chi connectivity index (χ2n) is 9.12. The van der Waals surface area contributed by atoms with E-state index in [-0.39, 0.29) is 17.4 Å². The maximum absolute atomic E-state index is 13.6. The number of anilines is 3. The van der Waals surface area contributed by atoms with E-state index >= 15 is 0 Å². The molecule has 0 spiro atoms. The van der Waals surface area contributed by atoms with Gasteiger partial charge in [0.05, 0.1) is 28.2 Å². The van der Waals surface area contributed by atoms with E-state index in [9.17, 15) is 19.4 Å². The lowest BCUT2D eigenvalue weighted by Crippen LogP contribution is -2.52. The zero-order chi connectivity index (χ0) is 26.1. The van der Waals surface area contributed by atoms with Crippen molar-refractivity contribution in [2.75, 3.05) is 40.9 Å². The molecule has 0 bridgehead atoms. The number of piperazine rings is 1. The van der Waals surface area contributed by atoms with Crippen molar-refractivity contribution in [1.29, 1.82) is 0 Å². The topological polar surface area (TPSA) is 106 Å². The first kappa shape index (κ1) is 24.8.